The molecule has 266 valence electrons. The zero-order valence-electron chi connectivity index (χ0n) is 31.3. The summed E-state index contributed by atoms with van der Waals surface area (Å²) >= 11 is 0. The van der Waals surface area contributed by atoms with E-state index in [2.05, 4.69) is 234 Å². The van der Waals surface area contributed by atoms with Crippen molar-refractivity contribution in [2.24, 2.45) is 0 Å². The molecule has 2 nitrogen and oxygen atoms in total. The highest BCUT2D eigenvalue weighted by Crippen LogP contribution is 2.47. The lowest BCUT2D eigenvalue weighted by Gasteiger charge is -2.45. The van der Waals surface area contributed by atoms with Gasteiger partial charge in [0.25, 0.3) is 6.71 Å². The minimum absolute atomic E-state index is 0.0117. The molecule has 0 radical (unpaired) electrons. The molecule has 11 rings (SSSR count). The first-order valence-corrected chi connectivity index (χ1v) is 19.7. The van der Waals surface area contributed by atoms with Crippen LogP contribution in [0, 0.1) is 0 Å². The number of anilines is 6. The smallest absolute Gasteiger partial charge is 0.252 e. The molecule has 0 aliphatic carbocycles. The van der Waals surface area contributed by atoms with Crippen molar-refractivity contribution in [1.29, 1.82) is 0 Å². The zero-order valence-corrected chi connectivity index (χ0v) is 31.3. The van der Waals surface area contributed by atoms with Crippen molar-refractivity contribution in [3.05, 3.63) is 224 Å². The summed E-state index contributed by atoms with van der Waals surface area (Å²) in [5.41, 5.74) is 20.7. The maximum atomic E-state index is 2.53. The Labute approximate surface area is 334 Å². The minimum Gasteiger partial charge on any atom is -0.311 e. The molecule has 3 heteroatoms. The summed E-state index contributed by atoms with van der Waals surface area (Å²) in [6, 6.07) is 82.0. The summed E-state index contributed by atoms with van der Waals surface area (Å²) in [6.45, 7) is -0.0117. The van der Waals surface area contributed by atoms with Crippen LogP contribution in [0.5, 0.6) is 0 Å². The normalized spacial score (nSPS) is 12.5. The quantitative estimate of drug-likeness (QED) is 0.158. The van der Waals surface area contributed by atoms with E-state index in [4.69, 9.17) is 0 Å². The second kappa shape index (κ2) is 13.7. The SMILES string of the molecule is c1ccc(-c2ccc(N3c4cc(-c5ccccc5)ccc4B4c5c(-c6ccccc6)cccc5N(c5ccccc5-c5ccccc5)c5cccc3c54)cc2)cc1. The van der Waals surface area contributed by atoms with Gasteiger partial charge in [-0.3, -0.25) is 0 Å². The van der Waals surface area contributed by atoms with E-state index in [9.17, 15) is 0 Å². The van der Waals surface area contributed by atoms with E-state index in [1.54, 1.807) is 0 Å². The van der Waals surface area contributed by atoms with Gasteiger partial charge in [0, 0.05) is 34.0 Å². The largest absolute Gasteiger partial charge is 0.311 e. The third-order valence-electron chi connectivity index (χ3n) is 11.7. The maximum Gasteiger partial charge on any atom is 0.252 e. The van der Waals surface area contributed by atoms with Crippen molar-refractivity contribution in [1.82, 2.24) is 0 Å². The molecule has 2 aliphatic rings. The molecular weight excluding hydrogens is 687 g/mol. The second-order valence-electron chi connectivity index (χ2n) is 14.9. The minimum atomic E-state index is -0.0117. The van der Waals surface area contributed by atoms with Gasteiger partial charge in [-0.2, -0.15) is 0 Å². The highest BCUT2D eigenvalue weighted by molar-refractivity contribution is 7.01. The van der Waals surface area contributed by atoms with E-state index >= 15 is 0 Å². The van der Waals surface area contributed by atoms with Crippen LogP contribution >= 0.6 is 0 Å². The van der Waals surface area contributed by atoms with Crippen LogP contribution in [0.2, 0.25) is 0 Å². The molecule has 0 saturated heterocycles. The van der Waals surface area contributed by atoms with Crippen LogP contribution in [0.1, 0.15) is 0 Å². The van der Waals surface area contributed by atoms with Gasteiger partial charge >= 0.3 is 0 Å². The first-order valence-electron chi connectivity index (χ1n) is 19.7. The Morgan fingerprint density at radius 2 is 0.702 bits per heavy atom. The Kier molecular flexibility index (Phi) is 7.96. The van der Waals surface area contributed by atoms with Crippen molar-refractivity contribution in [3.63, 3.8) is 0 Å². The molecule has 0 unspecified atom stereocenters. The molecule has 0 N–H and O–H groups in total. The molecular formula is C54H37BN2. The average Bonchev–Trinajstić information content (AvgIpc) is 3.30. The summed E-state index contributed by atoms with van der Waals surface area (Å²) in [6.07, 6.45) is 0. The number of hydrogen-bond donors (Lipinski definition) is 0. The Morgan fingerprint density at radius 1 is 0.263 bits per heavy atom. The molecule has 9 aromatic carbocycles. The number of rotatable bonds is 6. The van der Waals surface area contributed by atoms with Crippen LogP contribution in [0.3, 0.4) is 0 Å². The van der Waals surface area contributed by atoms with Gasteiger partial charge in [0.1, 0.15) is 0 Å². The number of fused-ring (bicyclic) bond motifs is 4. The molecule has 0 fully saturated rings. The molecule has 0 atom stereocenters. The van der Waals surface area contributed by atoms with E-state index in [1.165, 1.54) is 83.6 Å². The number of para-hydroxylation sites is 1. The highest BCUT2D eigenvalue weighted by atomic mass is 15.2. The van der Waals surface area contributed by atoms with E-state index < -0.39 is 0 Å². The van der Waals surface area contributed by atoms with Crippen molar-refractivity contribution < 1.29 is 0 Å². The summed E-state index contributed by atoms with van der Waals surface area (Å²) in [7, 11) is 0. The van der Waals surface area contributed by atoms with Crippen molar-refractivity contribution in [2.75, 3.05) is 9.80 Å². The first kappa shape index (κ1) is 33.0. The Morgan fingerprint density at radius 3 is 1.35 bits per heavy atom. The predicted molar refractivity (Wildman–Crippen MR) is 242 cm³/mol. The van der Waals surface area contributed by atoms with E-state index in [1.807, 2.05) is 0 Å². The van der Waals surface area contributed by atoms with Gasteiger partial charge in [0.15, 0.2) is 0 Å². The molecule has 0 aromatic heterocycles. The molecule has 2 heterocycles. The number of benzene rings is 9. The van der Waals surface area contributed by atoms with Crippen molar-refractivity contribution in [3.8, 4) is 44.5 Å². The number of nitrogens with zero attached hydrogens (tertiary/aromatic N) is 2. The lowest BCUT2D eigenvalue weighted by Crippen LogP contribution is -2.61. The average molecular weight is 725 g/mol. The summed E-state index contributed by atoms with van der Waals surface area (Å²) in [5.74, 6) is 0. The molecule has 0 spiro atoms. The zero-order chi connectivity index (χ0) is 37.7. The first-order chi connectivity index (χ1) is 28.3. The fourth-order valence-corrected chi connectivity index (χ4v) is 9.16. The maximum absolute atomic E-state index is 2.53. The predicted octanol–water partition coefficient (Wildman–Crippen LogP) is 12.4. The van der Waals surface area contributed by atoms with Crippen molar-refractivity contribution >= 4 is 57.2 Å². The second-order valence-corrected chi connectivity index (χ2v) is 14.9. The molecule has 0 amide bonds. The Hall–Kier alpha value is -7.36. The Balaban J connectivity index is 1.21. The van der Waals surface area contributed by atoms with Crippen LogP contribution in [-0.4, -0.2) is 6.71 Å². The van der Waals surface area contributed by atoms with Crippen molar-refractivity contribution in [2.45, 2.75) is 0 Å². The summed E-state index contributed by atoms with van der Waals surface area (Å²) in [5, 5.41) is 0. The summed E-state index contributed by atoms with van der Waals surface area (Å²) in [4.78, 5) is 5.03. The molecule has 2 aliphatic heterocycles. The van der Waals surface area contributed by atoms with Gasteiger partial charge in [-0.25, -0.2) is 0 Å². The summed E-state index contributed by atoms with van der Waals surface area (Å²) < 4.78 is 0. The van der Waals surface area contributed by atoms with Crippen LogP contribution in [-0.2, 0) is 0 Å². The van der Waals surface area contributed by atoms with Crippen LogP contribution < -0.4 is 26.2 Å². The fraction of sp³-hybridized carbons (Fsp3) is 0. The highest BCUT2D eigenvalue weighted by Gasteiger charge is 2.44. The lowest BCUT2D eigenvalue weighted by atomic mass is 9.32. The van der Waals surface area contributed by atoms with Gasteiger partial charge in [-0.15, -0.1) is 0 Å². The van der Waals surface area contributed by atoms with Crippen LogP contribution in [0.15, 0.2) is 224 Å². The van der Waals surface area contributed by atoms with Gasteiger partial charge in [0.05, 0.1) is 5.69 Å². The monoisotopic (exact) mass is 724 g/mol. The van der Waals surface area contributed by atoms with Gasteiger partial charge in [-0.05, 0) is 97.8 Å². The third-order valence-corrected chi connectivity index (χ3v) is 11.7. The standard InChI is InChI=1S/C54H37BN2/c1-5-17-38(18-6-1)40-31-34-44(35-32-40)56-50-29-16-30-51-54(50)55(47-36-33-43(37-52(47)56)39-19-7-2-8-20-39)53-46(42-23-11-4-12-24-42)26-15-28-49(53)57(51)48-27-14-13-25-45(48)41-21-9-3-10-22-41/h1-37H. The van der Waals surface area contributed by atoms with E-state index in [-0.39, 0.29) is 6.71 Å². The number of hydrogen-bond acceptors (Lipinski definition) is 2. The van der Waals surface area contributed by atoms with Crippen LogP contribution in [0.25, 0.3) is 44.5 Å². The van der Waals surface area contributed by atoms with E-state index in [0.29, 0.717) is 0 Å². The van der Waals surface area contributed by atoms with Gasteiger partial charge in [0.2, 0.25) is 0 Å². The van der Waals surface area contributed by atoms with Gasteiger partial charge in [-0.1, -0.05) is 182 Å². The van der Waals surface area contributed by atoms with E-state index in [0.717, 1.165) is 11.4 Å². The molecule has 9 aromatic rings. The molecule has 0 saturated carbocycles. The Bertz CT molecular complexity index is 2890. The molecule has 57 heavy (non-hydrogen) atoms. The topological polar surface area (TPSA) is 6.48 Å². The molecule has 0 bridgehead atoms. The third kappa shape index (κ3) is 5.51. The van der Waals surface area contributed by atoms with Gasteiger partial charge < -0.3 is 9.80 Å². The lowest BCUT2D eigenvalue weighted by molar-refractivity contribution is 1.25. The van der Waals surface area contributed by atoms with Crippen LogP contribution in [0.4, 0.5) is 34.1 Å². The fourth-order valence-electron chi connectivity index (χ4n) is 9.16.